The second kappa shape index (κ2) is 4.70. The predicted molar refractivity (Wildman–Crippen MR) is 83.5 cm³/mol. The fourth-order valence-corrected chi connectivity index (χ4v) is 2.77. The van der Waals surface area contributed by atoms with Crippen LogP contribution in [0.4, 0.5) is 5.69 Å². The molecule has 3 heteroatoms. The van der Waals surface area contributed by atoms with Crippen molar-refractivity contribution >= 4 is 22.8 Å². The molecule has 2 heterocycles. The summed E-state index contributed by atoms with van der Waals surface area (Å²) < 4.78 is 8.05. The van der Waals surface area contributed by atoms with Gasteiger partial charge < -0.3 is 4.74 Å². The van der Waals surface area contributed by atoms with Gasteiger partial charge in [-0.3, -0.25) is 0 Å². The Morgan fingerprint density at radius 2 is 1.90 bits per heavy atom. The van der Waals surface area contributed by atoms with E-state index in [1.165, 1.54) is 5.56 Å². The van der Waals surface area contributed by atoms with Crippen LogP contribution >= 0.6 is 0 Å². The van der Waals surface area contributed by atoms with Crippen LogP contribution in [-0.2, 0) is 0 Å². The number of aryl methyl sites for hydroxylation is 1. The molecule has 2 aromatic carbocycles. The van der Waals surface area contributed by atoms with Crippen molar-refractivity contribution in [1.29, 1.82) is 0 Å². The number of pyridine rings is 1. The predicted octanol–water partition coefficient (Wildman–Crippen LogP) is 3.66. The van der Waals surface area contributed by atoms with E-state index in [0.717, 1.165) is 27.9 Å². The van der Waals surface area contributed by atoms with Crippen LogP contribution in [0.25, 0.3) is 10.9 Å². The third-order valence-electron chi connectivity index (χ3n) is 3.81. The fourth-order valence-electron chi connectivity index (χ4n) is 2.77. The number of ether oxygens (including phenoxy) is 1. The minimum Gasteiger partial charge on any atom is -0.435 e. The van der Waals surface area contributed by atoms with E-state index in [9.17, 15) is 0 Å². The van der Waals surface area contributed by atoms with E-state index in [1.54, 1.807) is 0 Å². The Morgan fingerprint density at radius 1 is 1.05 bits per heavy atom. The zero-order valence-electron chi connectivity index (χ0n) is 11.8. The van der Waals surface area contributed by atoms with Gasteiger partial charge in [-0.1, -0.05) is 30.3 Å². The number of benzene rings is 2. The zero-order chi connectivity index (χ0) is 14.2. The Kier molecular flexibility index (Phi) is 2.71. The molecule has 1 aliphatic rings. The molecule has 0 atom stereocenters. The molecule has 102 valence electrons. The van der Waals surface area contributed by atoms with E-state index in [4.69, 9.17) is 4.74 Å². The van der Waals surface area contributed by atoms with Gasteiger partial charge in [0.2, 0.25) is 5.69 Å². The lowest BCUT2D eigenvalue weighted by Gasteiger charge is -2.15. The van der Waals surface area contributed by atoms with Crippen LogP contribution in [0.2, 0.25) is 0 Å². The van der Waals surface area contributed by atoms with Crippen molar-refractivity contribution in [1.82, 2.24) is 4.98 Å². The number of fused-ring (bicyclic) bond motifs is 2. The lowest BCUT2D eigenvalue weighted by molar-refractivity contribution is -0.474. The summed E-state index contributed by atoms with van der Waals surface area (Å²) in [6, 6.07) is 16.5. The number of hydrogen-bond acceptors (Lipinski definition) is 2. The number of nitrogens with zero attached hydrogens (tertiary/aromatic N) is 2. The quantitative estimate of drug-likeness (QED) is 0.633. The average molecular weight is 275 g/mol. The first-order valence-electron chi connectivity index (χ1n) is 7.00. The summed E-state index contributed by atoms with van der Waals surface area (Å²) in [4.78, 5) is 4.51. The van der Waals surface area contributed by atoms with Crippen molar-refractivity contribution in [2.75, 3.05) is 6.73 Å². The lowest BCUT2D eigenvalue weighted by atomic mass is 10.1. The Balaban J connectivity index is 1.91. The molecule has 0 N–H and O–H groups in total. The molecule has 0 fully saturated rings. The highest BCUT2D eigenvalue weighted by atomic mass is 16.5. The molecular formula is C18H15N2O+. The molecule has 3 nitrogen and oxygen atoms in total. The molecule has 1 aromatic heterocycles. The van der Waals surface area contributed by atoms with Gasteiger partial charge >= 0.3 is 0 Å². The van der Waals surface area contributed by atoms with Crippen LogP contribution < -0.4 is 4.74 Å². The van der Waals surface area contributed by atoms with Crippen molar-refractivity contribution in [2.24, 2.45) is 0 Å². The van der Waals surface area contributed by atoms with E-state index in [1.807, 2.05) is 12.3 Å². The molecule has 0 spiro atoms. The minimum absolute atomic E-state index is 0.507. The first kappa shape index (κ1) is 12.1. The third-order valence-corrected chi connectivity index (χ3v) is 3.81. The van der Waals surface area contributed by atoms with Crippen LogP contribution in [0, 0.1) is 6.92 Å². The SMILES string of the molecule is Cc1cccc2c1OC[N+](c1cccc3cccnc13)=C2. The second-order valence-corrected chi connectivity index (χ2v) is 5.22. The maximum Gasteiger partial charge on any atom is 0.292 e. The van der Waals surface area contributed by atoms with E-state index in [2.05, 4.69) is 65.2 Å². The number of para-hydroxylation sites is 2. The van der Waals surface area contributed by atoms with Crippen molar-refractivity contribution in [2.45, 2.75) is 6.92 Å². The molecule has 3 aromatic rings. The number of rotatable bonds is 1. The van der Waals surface area contributed by atoms with Crippen LogP contribution in [0.3, 0.4) is 0 Å². The summed E-state index contributed by atoms with van der Waals surface area (Å²) in [7, 11) is 0. The van der Waals surface area contributed by atoms with Crippen LogP contribution in [0.15, 0.2) is 54.7 Å². The Hall–Kier alpha value is -2.68. The molecule has 4 rings (SSSR count). The van der Waals surface area contributed by atoms with Gasteiger partial charge in [0.05, 0.1) is 5.56 Å². The van der Waals surface area contributed by atoms with Gasteiger partial charge in [-0.15, -0.1) is 0 Å². The molecule has 0 bridgehead atoms. The van der Waals surface area contributed by atoms with E-state index >= 15 is 0 Å². The molecule has 0 amide bonds. The highest BCUT2D eigenvalue weighted by Gasteiger charge is 2.22. The second-order valence-electron chi connectivity index (χ2n) is 5.22. The van der Waals surface area contributed by atoms with Gasteiger partial charge in [0.15, 0.2) is 6.21 Å². The standard InChI is InChI=1S/C18H15N2O/c1-13-5-2-7-15-11-20(12-21-18(13)15)16-9-3-6-14-8-4-10-19-17(14)16/h2-11H,12H2,1H3/q+1. The third kappa shape index (κ3) is 1.98. The summed E-state index contributed by atoms with van der Waals surface area (Å²) in [5.41, 5.74) is 4.34. The normalized spacial score (nSPS) is 13.5. The molecular weight excluding hydrogens is 260 g/mol. The van der Waals surface area contributed by atoms with Crippen molar-refractivity contribution in [3.05, 3.63) is 65.9 Å². The molecule has 1 aliphatic heterocycles. The zero-order valence-corrected chi connectivity index (χ0v) is 11.8. The summed E-state index contributed by atoms with van der Waals surface area (Å²) in [5.74, 6) is 0.974. The Bertz CT molecular complexity index is 863. The first-order chi connectivity index (χ1) is 10.3. The maximum absolute atomic E-state index is 5.94. The highest BCUT2D eigenvalue weighted by molar-refractivity contribution is 5.89. The number of hydrogen-bond donors (Lipinski definition) is 0. The van der Waals surface area contributed by atoms with Gasteiger partial charge in [-0.2, -0.15) is 4.58 Å². The van der Waals surface area contributed by atoms with Crippen LogP contribution in [0.5, 0.6) is 5.75 Å². The van der Waals surface area contributed by atoms with E-state index < -0.39 is 0 Å². The van der Waals surface area contributed by atoms with Gasteiger partial charge in [0, 0.05) is 17.6 Å². The van der Waals surface area contributed by atoms with Crippen molar-refractivity contribution < 1.29 is 9.31 Å². The smallest absolute Gasteiger partial charge is 0.292 e. The monoisotopic (exact) mass is 275 g/mol. The molecule has 0 aliphatic carbocycles. The first-order valence-corrected chi connectivity index (χ1v) is 7.00. The summed E-state index contributed by atoms with van der Waals surface area (Å²) >= 11 is 0. The van der Waals surface area contributed by atoms with Gasteiger partial charge in [-0.25, -0.2) is 4.98 Å². The summed E-state index contributed by atoms with van der Waals surface area (Å²) in [6.45, 7) is 2.58. The van der Waals surface area contributed by atoms with Crippen LogP contribution in [-0.4, -0.2) is 22.5 Å². The largest absolute Gasteiger partial charge is 0.435 e. The summed E-state index contributed by atoms with van der Waals surface area (Å²) in [5, 5.41) is 1.14. The van der Waals surface area contributed by atoms with Crippen molar-refractivity contribution in [3.8, 4) is 5.75 Å². The van der Waals surface area contributed by atoms with Gasteiger partial charge in [0.1, 0.15) is 11.3 Å². The summed E-state index contributed by atoms with van der Waals surface area (Å²) in [6.07, 6.45) is 3.96. The maximum atomic E-state index is 5.94. The molecule has 0 saturated heterocycles. The molecule has 0 radical (unpaired) electrons. The topological polar surface area (TPSA) is 25.1 Å². The molecule has 0 saturated carbocycles. The lowest BCUT2D eigenvalue weighted by Crippen LogP contribution is -2.21. The Labute approximate surface area is 123 Å². The minimum atomic E-state index is 0.507. The number of aromatic nitrogens is 1. The van der Waals surface area contributed by atoms with Crippen LogP contribution in [0.1, 0.15) is 11.1 Å². The Morgan fingerprint density at radius 3 is 2.86 bits per heavy atom. The molecule has 0 unspecified atom stereocenters. The fraction of sp³-hybridized carbons (Fsp3) is 0.111. The van der Waals surface area contributed by atoms with E-state index in [-0.39, 0.29) is 0 Å². The van der Waals surface area contributed by atoms with Gasteiger partial charge in [0.25, 0.3) is 6.73 Å². The van der Waals surface area contributed by atoms with E-state index in [0.29, 0.717) is 6.73 Å². The average Bonchev–Trinajstić information content (AvgIpc) is 2.54. The highest BCUT2D eigenvalue weighted by Crippen LogP contribution is 2.29. The van der Waals surface area contributed by atoms with Gasteiger partial charge in [-0.05, 0) is 24.6 Å². The van der Waals surface area contributed by atoms with Crippen molar-refractivity contribution in [3.63, 3.8) is 0 Å². The molecule has 21 heavy (non-hydrogen) atoms.